The van der Waals surface area contributed by atoms with Gasteiger partial charge in [-0.05, 0) is 49.9 Å². The number of aromatic amines is 2. The smallest absolute Gasteiger partial charge is 0.340 e. The van der Waals surface area contributed by atoms with Gasteiger partial charge < -0.3 is 5.32 Å². The van der Waals surface area contributed by atoms with Crippen molar-refractivity contribution in [3.05, 3.63) is 45.6 Å². The molecule has 1 saturated heterocycles. The van der Waals surface area contributed by atoms with Gasteiger partial charge in [0.25, 0.3) is 0 Å². The number of H-pyrrole nitrogens is 2. The fraction of sp³-hybridized carbons (Fsp3) is 0.471. The molecule has 27 heavy (non-hydrogen) atoms. The summed E-state index contributed by atoms with van der Waals surface area (Å²) < 4.78 is 27.1. The van der Waals surface area contributed by atoms with Crippen LogP contribution in [0.15, 0.2) is 27.9 Å². The van der Waals surface area contributed by atoms with E-state index in [1.165, 1.54) is 4.31 Å². The van der Waals surface area contributed by atoms with E-state index in [2.05, 4.69) is 20.5 Å². The number of aromatic nitrogens is 3. The quantitative estimate of drug-likeness (QED) is 0.679. The lowest BCUT2D eigenvalue weighted by atomic mass is 9.97. The molecule has 0 spiro atoms. The molecule has 1 aliphatic rings. The molecule has 0 aliphatic carbocycles. The summed E-state index contributed by atoms with van der Waals surface area (Å²) in [6.45, 7) is 4.55. The minimum atomic E-state index is -3.56. The SMILES string of the molecule is Cc1ccc(S(=O)(=O)N2CCC(C(=O)NCc3n[nH]c(=O)[nH]3)CC2)cc1C. The van der Waals surface area contributed by atoms with Crippen LogP contribution >= 0.6 is 0 Å². The number of piperidine rings is 1. The van der Waals surface area contributed by atoms with E-state index in [1.807, 2.05) is 19.9 Å². The van der Waals surface area contributed by atoms with Crippen molar-refractivity contribution in [3.63, 3.8) is 0 Å². The normalized spacial score (nSPS) is 16.4. The number of rotatable bonds is 5. The molecule has 2 aromatic rings. The van der Waals surface area contributed by atoms with Gasteiger partial charge in [-0.2, -0.15) is 9.40 Å². The van der Waals surface area contributed by atoms with Gasteiger partial charge in [-0.15, -0.1) is 0 Å². The van der Waals surface area contributed by atoms with E-state index in [0.717, 1.165) is 11.1 Å². The maximum atomic E-state index is 12.8. The number of hydrogen-bond donors (Lipinski definition) is 3. The number of nitrogens with zero attached hydrogens (tertiary/aromatic N) is 2. The van der Waals surface area contributed by atoms with Crippen molar-refractivity contribution in [1.82, 2.24) is 24.8 Å². The highest BCUT2D eigenvalue weighted by Crippen LogP contribution is 2.25. The molecule has 146 valence electrons. The van der Waals surface area contributed by atoms with Gasteiger partial charge in [0.15, 0.2) is 0 Å². The summed E-state index contributed by atoms with van der Waals surface area (Å²) >= 11 is 0. The Kier molecular flexibility index (Phi) is 5.47. The number of aryl methyl sites for hydroxylation is 2. The van der Waals surface area contributed by atoms with E-state index < -0.39 is 15.7 Å². The van der Waals surface area contributed by atoms with E-state index >= 15 is 0 Å². The third-order valence-electron chi connectivity index (χ3n) is 4.92. The number of hydrogen-bond acceptors (Lipinski definition) is 5. The highest BCUT2D eigenvalue weighted by atomic mass is 32.2. The molecule has 0 atom stereocenters. The van der Waals surface area contributed by atoms with Crippen LogP contribution in [0.2, 0.25) is 0 Å². The third kappa shape index (κ3) is 4.28. The van der Waals surface area contributed by atoms with Gasteiger partial charge >= 0.3 is 5.69 Å². The van der Waals surface area contributed by atoms with Crippen LogP contribution in [-0.4, -0.2) is 46.9 Å². The van der Waals surface area contributed by atoms with E-state index in [4.69, 9.17) is 0 Å². The molecule has 0 saturated carbocycles. The van der Waals surface area contributed by atoms with Crippen LogP contribution in [0.3, 0.4) is 0 Å². The lowest BCUT2D eigenvalue weighted by Crippen LogP contribution is -2.42. The fourth-order valence-electron chi connectivity index (χ4n) is 3.09. The monoisotopic (exact) mass is 393 g/mol. The lowest BCUT2D eigenvalue weighted by Gasteiger charge is -2.30. The van der Waals surface area contributed by atoms with E-state index in [9.17, 15) is 18.0 Å². The van der Waals surface area contributed by atoms with Crippen molar-refractivity contribution in [2.45, 2.75) is 38.1 Å². The average Bonchev–Trinajstić information content (AvgIpc) is 3.07. The predicted molar refractivity (Wildman–Crippen MR) is 98.5 cm³/mol. The molecule has 1 aliphatic heterocycles. The van der Waals surface area contributed by atoms with Gasteiger partial charge in [0.05, 0.1) is 11.4 Å². The molecule has 9 nitrogen and oxygen atoms in total. The number of sulfonamides is 1. The van der Waals surface area contributed by atoms with E-state index in [-0.39, 0.29) is 23.3 Å². The van der Waals surface area contributed by atoms with E-state index in [0.29, 0.717) is 31.8 Å². The van der Waals surface area contributed by atoms with Crippen molar-refractivity contribution in [2.75, 3.05) is 13.1 Å². The van der Waals surface area contributed by atoms with Crippen molar-refractivity contribution in [3.8, 4) is 0 Å². The standard InChI is InChI=1S/C17H23N5O4S/c1-11-3-4-14(9-12(11)2)27(25,26)22-7-5-13(6-8-22)16(23)18-10-15-19-17(24)21-20-15/h3-4,9,13H,5-8,10H2,1-2H3,(H,18,23)(H2,19,20,21,24). The van der Waals surface area contributed by atoms with E-state index in [1.54, 1.807) is 12.1 Å². The van der Waals surface area contributed by atoms with Crippen LogP contribution in [0.5, 0.6) is 0 Å². The largest absolute Gasteiger partial charge is 0.349 e. The molecule has 3 N–H and O–H groups in total. The first kappa shape index (κ1) is 19.3. The van der Waals surface area contributed by atoms with Crippen LogP contribution in [-0.2, 0) is 21.4 Å². The van der Waals surface area contributed by atoms with Gasteiger partial charge in [-0.25, -0.2) is 18.3 Å². The van der Waals surface area contributed by atoms with Crippen LogP contribution in [0, 0.1) is 19.8 Å². The Morgan fingerprint density at radius 2 is 1.96 bits per heavy atom. The molecular formula is C17H23N5O4S. The number of carbonyl (C=O) groups is 1. The first-order valence-electron chi connectivity index (χ1n) is 8.76. The molecule has 0 unspecified atom stereocenters. The summed E-state index contributed by atoms with van der Waals surface area (Å²) in [5.41, 5.74) is 1.55. The Morgan fingerprint density at radius 3 is 2.56 bits per heavy atom. The van der Waals surface area contributed by atoms with Crippen LogP contribution < -0.4 is 11.0 Å². The topological polar surface area (TPSA) is 128 Å². The molecule has 0 bridgehead atoms. The number of carbonyl (C=O) groups excluding carboxylic acids is 1. The number of amides is 1. The average molecular weight is 393 g/mol. The molecule has 0 radical (unpaired) electrons. The molecule has 1 aromatic carbocycles. The van der Waals surface area contributed by atoms with Crippen molar-refractivity contribution in [2.24, 2.45) is 5.92 Å². The molecule has 10 heteroatoms. The zero-order valence-corrected chi connectivity index (χ0v) is 16.1. The Labute approximate surface area is 157 Å². The molecule has 1 fully saturated rings. The lowest BCUT2D eigenvalue weighted by molar-refractivity contribution is -0.126. The summed E-state index contributed by atoms with van der Waals surface area (Å²) in [7, 11) is -3.56. The second kappa shape index (κ2) is 7.65. The first-order valence-corrected chi connectivity index (χ1v) is 10.2. The van der Waals surface area contributed by atoms with Gasteiger partial charge in [0, 0.05) is 19.0 Å². The fourth-order valence-corrected chi connectivity index (χ4v) is 4.64. The molecule has 1 amide bonds. The van der Waals surface area contributed by atoms with Gasteiger partial charge in [0.1, 0.15) is 5.82 Å². The van der Waals surface area contributed by atoms with Crippen molar-refractivity contribution >= 4 is 15.9 Å². The zero-order chi connectivity index (χ0) is 19.6. The van der Waals surface area contributed by atoms with Crippen LogP contribution in [0.4, 0.5) is 0 Å². The summed E-state index contributed by atoms with van der Waals surface area (Å²) in [6, 6.07) is 5.12. The second-order valence-electron chi connectivity index (χ2n) is 6.77. The summed E-state index contributed by atoms with van der Waals surface area (Å²) in [5.74, 6) is -0.0768. The summed E-state index contributed by atoms with van der Waals surface area (Å²) in [4.78, 5) is 26.0. The van der Waals surface area contributed by atoms with Crippen molar-refractivity contribution in [1.29, 1.82) is 0 Å². The second-order valence-corrected chi connectivity index (χ2v) is 8.70. The zero-order valence-electron chi connectivity index (χ0n) is 15.3. The maximum absolute atomic E-state index is 12.8. The van der Waals surface area contributed by atoms with Crippen LogP contribution in [0.1, 0.15) is 29.8 Å². The molecule has 2 heterocycles. The van der Waals surface area contributed by atoms with Crippen molar-refractivity contribution < 1.29 is 13.2 Å². The van der Waals surface area contributed by atoms with Gasteiger partial charge in [0.2, 0.25) is 15.9 Å². The highest BCUT2D eigenvalue weighted by molar-refractivity contribution is 7.89. The minimum absolute atomic E-state index is 0.124. The van der Waals surface area contributed by atoms with Gasteiger partial charge in [-0.1, -0.05) is 6.07 Å². The number of benzene rings is 1. The summed E-state index contributed by atoms with van der Waals surface area (Å²) in [5, 5.41) is 8.68. The highest BCUT2D eigenvalue weighted by Gasteiger charge is 2.32. The summed E-state index contributed by atoms with van der Waals surface area (Å²) in [6.07, 6.45) is 0.903. The van der Waals surface area contributed by atoms with Gasteiger partial charge in [-0.3, -0.25) is 9.78 Å². The first-order chi connectivity index (χ1) is 12.8. The number of nitrogens with one attached hydrogen (secondary N) is 3. The Morgan fingerprint density at radius 1 is 1.26 bits per heavy atom. The third-order valence-corrected chi connectivity index (χ3v) is 6.82. The Bertz CT molecular complexity index is 987. The molecule has 1 aromatic heterocycles. The Hall–Kier alpha value is -2.46. The predicted octanol–water partition coefficient (Wildman–Crippen LogP) is 0.432. The molecular weight excluding hydrogens is 370 g/mol. The Balaban J connectivity index is 1.58. The van der Waals surface area contributed by atoms with Crippen LogP contribution in [0.25, 0.3) is 0 Å². The minimum Gasteiger partial charge on any atom is -0.349 e. The maximum Gasteiger partial charge on any atom is 0.340 e. The molecule has 3 rings (SSSR count).